The molecule has 0 unspecified atom stereocenters. The minimum atomic E-state index is -0.714. The standard InChI is InChI=1S/C14H16O3/c15-14(16)9-3-1-2-7-12-10-11-6-4-5-8-13(11)17-12/h4-6,8,10H,1-3,7,9H2,(H,15,16). The molecule has 0 aliphatic heterocycles. The van der Waals surface area contributed by atoms with Crippen molar-refractivity contribution in [2.75, 3.05) is 0 Å². The monoisotopic (exact) mass is 232 g/mol. The molecule has 90 valence electrons. The molecular weight excluding hydrogens is 216 g/mol. The molecule has 0 atom stereocenters. The summed E-state index contributed by atoms with van der Waals surface area (Å²) in [5, 5.41) is 9.64. The van der Waals surface area contributed by atoms with Crippen LogP contribution in [0.5, 0.6) is 0 Å². The predicted octanol–water partition coefficient (Wildman–Crippen LogP) is 3.62. The summed E-state index contributed by atoms with van der Waals surface area (Å²) in [7, 11) is 0. The van der Waals surface area contributed by atoms with Gasteiger partial charge in [-0.05, 0) is 25.0 Å². The second kappa shape index (κ2) is 5.53. The van der Waals surface area contributed by atoms with Crippen LogP contribution >= 0.6 is 0 Å². The van der Waals surface area contributed by atoms with E-state index in [1.54, 1.807) is 0 Å². The molecule has 1 N–H and O–H groups in total. The van der Waals surface area contributed by atoms with Crippen molar-refractivity contribution < 1.29 is 14.3 Å². The van der Waals surface area contributed by atoms with Crippen molar-refractivity contribution in [2.45, 2.75) is 32.1 Å². The number of aliphatic carboxylic acids is 1. The van der Waals surface area contributed by atoms with Gasteiger partial charge in [-0.2, -0.15) is 0 Å². The van der Waals surface area contributed by atoms with Crippen molar-refractivity contribution in [3.63, 3.8) is 0 Å². The maximum atomic E-state index is 10.3. The summed E-state index contributed by atoms with van der Waals surface area (Å²) in [6, 6.07) is 10.0. The van der Waals surface area contributed by atoms with Gasteiger partial charge in [0, 0.05) is 18.2 Å². The van der Waals surface area contributed by atoms with Crippen LogP contribution in [-0.4, -0.2) is 11.1 Å². The second-order valence-electron chi connectivity index (χ2n) is 4.20. The van der Waals surface area contributed by atoms with Gasteiger partial charge in [-0.15, -0.1) is 0 Å². The van der Waals surface area contributed by atoms with E-state index in [0.29, 0.717) is 0 Å². The summed E-state index contributed by atoms with van der Waals surface area (Å²) >= 11 is 0. The van der Waals surface area contributed by atoms with Crippen molar-refractivity contribution >= 4 is 16.9 Å². The zero-order valence-electron chi connectivity index (χ0n) is 9.69. The number of carbonyl (C=O) groups is 1. The first-order valence-corrected chi connectivity index (χ1v) is 5.95. The predicted molar refractivity (Wildman–Crippen MR) is 66.0 cm³/mol. The molecule has 0 saturated heterocycles. The zero-order chi connectivity index (χ0) is 12.1. The SMILES string of the molecule is O=C(O)CCCCCc1cc2ccccc2o1. The largest absolute Gasteiger partial charge is 0.481 e. The van der Waals surface area contributed by atoms with Crippen molar-refractivity contribution in [1.82, 2.24) is 0 Å². The lowest BCUT2D eigenvalue weighted by Crippen LogP contribution is -1.93. The molecule has 1 heterocycles. The Kier molecular flexibility index (Phi) is 3.81. The van der Waals surface area contributed by atoms with E-state index in [1.807, 2.05) is 24.3 Å². The molecule has 0 bridgehead atoms. The van der Waals surface area contributed by atoms with Crippen molar-refractivity contribution in [1.29, 1.82) is 0 Å². The van der Waals surface area contributed by atoms with E-state index in [4.69, 9.17) is 9.52 Å². The summed E-state index contributed by atoms with van der Waals surface area (Å²) in [6.45, 7) is 0. The summed E-state index contributed by atoms with van der Waals surface area (Å²) in [4.78, 5) is 10.3. The van der Waals surface area contributed by atoms with Crippen LogP contribution in [0, 0.1) is 0 Å². The molecule has 1 aromatic heterocycles. The minimum absolute atomic E-state index is 0.264. The first-order valence-electron chi connectivity index (χ1n) is 5.95. The van der Waals surface area contributed by atoms with Crippen molar-refractivity contribution in [3.8, 4) is 0 Å². The van der Waals surface area contributed by atoms with Gasteiger partial charge < -0.3 is 9.52 Å². The number of hydrogen-bond donors (Lipinski definition) is 1. The molecule has 3 heteroatoms. The molecule has 3 nitrogen and oxygen atoms in total. The van der Waals surface area contributed by atoms with Crippen LogP contribution in [0.25, 0.3) is 11.0 Å². The molecule has 0 aliphatic rings. The number of carboxylic acids is 1. The maximum Gasteiger partial charge on any atom is 0.303 e. The van der Waals surface area contributed by atoms with Crippen LogP contribution in [0.3, 0.4) is 0 Å². The summed E-state index contributed by atoms with van der Waals surface area (Å²) < 4.78 is 5.68. The van der Waals surface area contributed by atoms with E-state index < -0.39 is 5.97 Å². The number of unbranched alkanes of at least 4 members (excludes halogenated alkanes) is 2. The van der Waals surface area contributed by atoms with Crippen LogP contribution < -0.4 is 0 Å². The topological polar surface area (TPSA) is 50.4 Å². The molecule has 0 spiro atoms. The molecular formula is C14H16O3. The van der Waals surface area contributed by atoms with Gasteiger partial charge in [0.15, 0.2) is 0 Å². The molecule has 0 amide bonds. The summed E-state index contributed by atoms with van der Waals surface area (Å²) in [5.41, 5.74) is 0.924. The normalized spacial score (nSPS) is 10.8. The lowest BCUT2D eigenvalue weighted by Gasteiger charge is -1.96. The van der Waals surface area contributed by atoms with Gasteiger partial charge in [-0.3, -0.25) is 4.79 Å². The van der Waals surface area contributed by atoms with E-state index in [0.717, 1.165) is 42.4 Å². The highest BCUT2D eigenvalue weighted by Crippen LogP contribution is 2.20. The fourth-order valence-corrected chi connectivity index (χ4v) is 1.91. The highest BCUT2D eigenvalue weighted by atomic mass is 16.4. The smallest absolute Gasteiger partial charge is 0.303 e. The molecule has 17 heavy (non-hydrogen) atoms. The Bertz CT molecular complexity index is 466. The van der Waals surface area contributed by atoms with E-state index in [2.05, 4.69) is 6.07 Å². The Morgan fingerprint density at radius 3 is 2.76 bits per heavy atom. The van der Waals surface area contributed by atoms with Gasteiger partial charge in [0.2, 0.25) is 0 Å². The highest BCUT2D eigenvalue weighted by molar-refractivity contribution is 5.77. The van der Waals surface area contributed by atoms with E-state index in [1.165, 1.54) is 0 Å². The third kappa shape index (κ3) is 3.34. The zero-order valence-corrected chi connectivity index (χ0v) is 9.69. The number of para-hydroxylation sites is 1. The number of carboxylic acid groups (broad SMARTS) is 1. The molecule has 0 fully saturated rings. The second-order valence-corrected chi connectivity index (χ2v) is 4.20. The Morgan fingerprint density at radius 1 is 1.18 bits per heavy atom. The molecule has 0 saturated carbocycles. The number of benzene rings is 1. The lowest BCUT2D eigenvalue weighted by atomic mass is 10.1. The fraction of sp³-hybridized carbons (Fsp3) is 0.357. The number of rotatable bonds is 6. The first-order chi connectivity index (χ1) is 8.25. The number of aryl methyl sites for hydroxylation is 1. The van der Waals surface area contributed by atoms with Gasteiger partial charge in [0.1, 0.15) is 11.3 Å². The van der Waals surface area contributed by atoms with Crippen LogP contribution in [0.1, 0.15) is 31.4 Å². The average Bonchev–Trinajstić information content (AvgIpc) is 2.70. The van der Waals surface area contributed by atoms with E-state index >= 15 is 0 Å². The molecule has 0 aliphatic carbocycles. The summed E-state index contributed by atoms with van der Waals surface area (Å²) in [6.07, 6.45) is 3.81. The molecule has 2 aromatic rings. The van der Waals surface area contributed by atoms with Crippen LogP contribution in [0.2, 0.25) is 0 Å². The quantitative estimate of drug-likeness (QED) is 0.774. The van der Waals surface area contributed by atoms with Gasteiger partial charge in [0.25, 0.3) is 0 Å². The van der Waals surface area contributed by atoms with Gasteiger partial charge in [-0.1, -0.05) is 24.6 Å². The number of furan rings is 1. The van der Waals surface area contributed by atoms with Gasteiger partial charge in [-0.25, -0.2) is 0 Å². The highest BCUT2D eigenvalue weighted by Gasteiger charge is 2.03. The fourth-order valence-electron chi connectivity index (χ4n) is 1.91. The number of hydrogen-bond acceptors (Lipinski definition) is 2. The Balaban J connectivity index is 1.81. The third-order valence-electron chi connectivity index (χ3n) is 2.79. The Hall–Kier alpha value is -1.77. The van der Waals surface area contributed by atoms with Crippen molar-refractivity contribution in [3.05, 3.63) is 36.1 Å². The third-order valence-corrected chi connectivity index (χ3v) is 2.79. The van der Waals surface area contributed by atoms with E-state index in [9.17, 15) is 4.79 Å². The summed E-state index contributed by atoms with van der Waals surface area (Å²) in [5.74, 6) is 0.273. The van der Waals surface area contributed by atoms with Gasteiger partial charge in [0.05, 0.1) is 0 Å². The first kappa shape index (κ1) is 11.7. The minimum Gasteiger partial charge on any atom is -0.481 e. The average molecular weight is 232 g/mol. The van der Waals surface area contributed by atoms with Crippen LogP contribution in [0.15, 0.2) is 34.7 Å². The number of fused-ring (bicyclic) bond motifs is 1. The molecule has 2 rings (SSSR count). The maximum absolute atomic E-state index is 10.3. The Morgan fingerprint density at radius 2 is 2.00 bits per heavy atom. The van der Waals surface area contributed by atoms with E-state index in [-0.39, 0.29) is 6.42 Å². The van der Waals surface area contributed by atoms with Crippen LogP contribution in [0.4, 0.5) is 0 Å². The van der Waals surface area contributed by atoms with Crippen LogP contribution in [-0.2, 0) is 11.2 Å². The molecule has 1 aromatic carbocycles. The van der Waals surface area contributed by atoms with Gasteiger partial charge >= 0.3 is 5.97 Å². The lowest BCUT2D eigenvalue weighted by molar-refractivity contribution is -0.137. The Labute approximate surface area is 100 Å². The molecule has 0 radical (unpaired) electrons. The van der Waals surface area contributed by atoms with Crippen molar-refractivity contribution in [2.24, 2.45) is 0 Å².